The van der Waals surface area contributed by atoms with E-state index >= 15 is 0 Å². The molecular weight excluding hydrogens is 396 g/mol. The van der Waals surface area contributed by atoms with Gasteiger partial charge >= 0.3 is 0 Å². The highest BCUT2D eigenvalue weighted by molar-refractivity contribution is 5.97. The molecule has 1 unspecified atom stereocenters. The highest BCUT2D eigenvalue weighted by Gasteiger charge is 2.34. The first-order valence-electron chi connectivity index (χ1n) is 9.99. The van der Waals surface area contributed by atoms with Crippen molar-refractivity contribution >= 4 is 17.5 Å². The molecule has 1 aliphatic rings. The van der Waals surface area contributed by atoms with E-state index in [2.05, 4.69) is 15.3 Å². The summed E-state index contributed by atoms with van der Waals surface area (Å²) < 4.78 is 10.6. The summed E-state index contributed by atoms with van der Waals surface area (Å²) in [4.78, 5) is 33.9. The van der Waals surface area contributed by atoms with E-state index in [0.29, 0.717) is 30.5 Å². The Kier molecular flexibility index (Phi) is 5.88. The molecule has 4 rings (SSSR count). The number of amides is 1. The summed E-state index contributed by atoms with van der Waals surface area (Å²) in [6, 6.07) is 16.5. The van der Waals surface area contributed by atoms with Crippen LogP contribution in [0.5, 0.6) is 11.5 Å². The summed E-state index contributed by atoms with van der Waals surface area (Å²) >= 11 is 0. The maximum Gasteiger partial charge on any atom is 0.252 e. The molecule has 0 spiro atoms. The number of aromatic nitrogens is 2. The molecule has 1 atom stereocenters. The molecule has 1 fully saturated rings. The number of methoxy groups -OCH3 is 2. The van der Waals surface area contributed by atoms with Gasteiger partial charge in [0.25, 0.3) is 5.56 Å². The molecule has 8 nitrogen and oxygen atoms in total. The summed E-state index contributed by atoms with van der Waals surface area (Å²) in [7, 11) is 3.20. The van der Waals surface area contributed by atoms with E-state index in [-0.39, 0.29) is 23.8 Å². The van der Waals surface area contributed by atoms with Crippen LogP contribution < -0.4 is 25.2 Å². The van der Waals surface area contributed by atoms with Gasteiger partial charge in [0, 0.05) is 31.5 Å². The monoisotopic (exact) mass is 420 g/mol. The zero-order chi connectivity index (χ0) is 21.8. The lowest BCUT2D eigenvalue weighted by Crippen LogP contribution is -2.25. The zero-order valence-electron chi connectivity index (χ0n) is 17.4. The van der Waals surface area contributed by atoms with Gasteiger partial charge in [0.2, 0.25) is 11.9 Å². The normalized spacial score (nSPS) is 15.7. The Bertz CT molecular complexity index is 1130. The highest BCUT2D eigenvalue weighted by Crippen LogP contribution is 2.35. The van der Waals surface area contributed by atoms with Gasteiger partial charge in [-0.25, -0.2) is 4.98 Å². The van der Waals surface area contributed by atoms with Crippen LogP contribution in [0.1, 0.15) is 23.6 Å². The van der Waals surface area contributed by atoms with Crippen molar-refractivity contribution in [1.82, 2.24) is 9.97 Å². The number of ether oxygens (including phenoxy) is 2. The minimum atomic E-state index is -0.259. The molecule has 31 heavy (non-hydrogen) atoms. The summed E-state index contributed by atoms with van der Waals surface area (Å²) in [5, 5.41) is 3.15. The third-order valence-electron chi connectivity index (χ3n) is 5.30. The molecule has 1 aromatic heterocycles. The largest absolute Gasteiger partial charge is 0.497 e. The van der Waals surface area contributed by atoms with Gasteiger partial charge in [-0.1, -0.05) is 24.3 Å². The van der Waals surface area contributed by atoms with Gasteiger partial charge in [-0.3, -0.25) is 14.6 Å². The fourth-order valence-corrected chi connectivity index (χ4v) is 3.69. The fraction of sp³-hybridized carbons (Fsp3) is 0.261. The number of anilines is 2. The average Bonchev–Trinajstić information content (AvgIpc) is 3.19. The van der Waals surface area contributed by atoms with Gasteiger partial charge in [-0.2, -0.15) is 0 Å². The fourth-order valence-electron chi connectivity index (χ4n) is 3.69. The Labute approximate surface area is 179 Å². The Hall–Kier alpha value is -3.81. The quantitative estimate of drug-likeness (QED) is 0.610. The number of hydrogen-bond donors (Lipinski definition) is 2. The Morgan fingerprint density at radius 1 is 1.10 bits per heavy atom. The third-order valence-corrected chi connectivity index (χ3v) is 5.30. The lowest BCUT2D eigenvalue weighted by molar-refractivity contribution is -0.117. The number of para-hydroxylation sites is 2. The number of rotatable bonds is 7. The topological polar surface area (TPSA) is 96.5 Å². The highest BCUT2D eigenvalue weighted by atomic mass is 16.5. The lowest BCUT2D eigenvalue weighted by atomic mass is 10.0. The molecule has 160 valence electrons. The molecule has 1 saturated heterocycles. The van der Waals surface area contributed by atoms with Crippen LogP contribution in [-0.4, -0.2) is 36.6 Å². The van der Waals surface area contributed by atoms with Gasteiger partial charge in [-0.15, -0.1) is 0 Å². The SMILES string of the molecule is COc1ccc(CNc2nc(C3CC(=O)N(c4ccccc4OC)C3)cc(=O)[nH]2)cc1. The van der Waals surface area contributed by atoms with Crippen LogP contribution in [0, 0.1) is 0 Å². The molecule has 0 saturated carbocycles. The van der Waals surface area contributed by atoms with Crippen LogP contribution in [0.4, 0.5) is 11.6 Å². The predicted molar refractivity (Wildman–Crippen MR) is 118 cm³/mol. The number of aromatic amines is 1. The van der Waals surface area contributed by atoms with E-state index in [4.69, 9.17) is 9.47 Å². The molecule has 8 heteroatoms. The summed E-state index contributed by atoms with van der Waals surface area (Å²) in [5.41, 5.74) is 2.07. The third kappa shape index (κ3) is 4.53. The first-order valence-corrected chi connectivity index (χ1v) is 9.99. The van der Waals surface area contributed by atoms with Crippen molar-refractivity contribution in [3.63, 3.8) is 0 Å². The van der Waals surface area contributed by atoms with Crippen molar-refractivity contribution in [3.8, 4) is 11.5 Å². The standard InChI is InChI=1S/C23H24N4O4/c1-30-17-9-7-15(8-10-17)13-24-23-25-18(12-21(28)26-23)16-11-22(29)27(14-16)19-5-3-4-6-20(19)31-2/h3-10,12,16H,11,13-14H2,1-2H3,(H2,24,25,26,28). The molecule has 0 radical (unpaired) electrons. The van der Waals surface area contributed by atoms with E-state index in [1.54, 1.807) is 19.1 Å². The van der Waals surface area contributed by atoms with Crippen LogP contribution in [-0.2, 0) is 11.3 Å². The van der Waals surface area contributed by atoms with Crippen molar-refractivity contribution in [3.05, 3.63) is 76.2 Å². The molecule has 3 aromatic rings. The van der Waals surface area contributed by atoms with Crippen molar-refractivity contribution < 1.29 is 14.3 Å². The second-order valence-corrected chi connectivity index (χ2v) is 7.30. The first kappa shape index (κ1) is 20.5. The summed E-state index contributed by atoms with van der Waals surface area (Å²) in [6.45, 7) is 0.931. The van der Waals surface area contributed by atoms with Crippen LogP contribution in [0.2, 0.25) is 0 Å². The van der Waals surface area contributed by atoms with E-state index in [1.807, 2.05) is 48.5 Å². The van der Waals surface area contributed by atoms with Crippen LogP contribution in [0.25, 0.3) is 0 Å². The predicted octanol–water partition coefficient (Wildman–Crippen LogP) is 2.92. The number of carbonyl (C=O) groups is 1. The van der Waals surface area contributed by atoms with Crippen LogP contribution in [0.15, 0.2) is 59.4 Å². The number of hydrogen-bond acceptors (Lipinski definition) is 6. The number of benzene rings is 2. The summed E-state index contributed by atoms with van der Waals surface area (Å²) in [5.74, 6) is 1.59. The molecule has 1 aliphatic heterocycles. The van der Waals surface area contributed by atoms with Crippen molar-refractivity contribution in [1.29, 1.82) is 0 Å². The van der Waals surface area contributed by atoms with Gasteiger partial charge in [-0.05, 0) is 29.8 Å². The number of nitrogens with zero attached hydrogens (tertiary/aromatic N) is 2. The molecule has 0 aliphatic carbocycles. The maximum absolute atomic E-state index is 12.7. The van der Waals surface area contributed by atoms with E-state index < -0.39 is 0 Å². The molecule has 2 heterocycles. The summed E-state index contributed by atoms with van der Waals surface area (Å²) in [6.07, 6.45) is 0.284. The number of carbonyl (C=O) groups excluding carboxylic acids is 1. The Morgan fingerprint density at radius 2 is 1.87 bits per heavy atom. The maximum atomic E-state index is 12.7. The van der Waals surface area contributed by atoms with Gasteiger partial charge < -0.3 is 19.7 Å². The smallest absolute Gasteiger partial charge is 0.252 e. The molecule has 2 aromatic carbocycles. The average molecular weight is 420 g/mol. The minimum Gasteiger partial charge on any atom is -0.497 e. The minimum absolute atomic E-state index is 0.0238. The first-order chi connectivity index (χ1) is 15.1. The molecular formula is C23H24N4O4. The van der Waals surface area contributed by atoms with Crippen LogP contribution in [0.3, 0.4) is 0 Å². The lowest BCUT2D eigenvalue weighted by Gasteiger charge is -2.19. The molecule has 0 bridgehead atoms. The molecule has 2 N–H and O–H groups in total. The van der Waals surface area contributed by atoms with Gasteiger partial charge in [0.1, 0.15) is 11.5 Å². The second-order valence-electron chi connectivity index (χ2n) is 7.30. The van der Waals surface area contributed by atoms with Crippen molar-refractivity contribution in [2.45, 2.75) is 18.9 Å². The Morgan fingerprint density at radius 3 is 2.61 bits per heavy atom. The zero-order valence-corrected chi connectivity index (χ0v) is 17.4. The van der Waals surface area contributed by atoms with E-state index in [0.717, 1.165) is 17.0 Å². The van der Waals surface area contributed by atoms with Gasteiger partial charge in [0.15, 0.2) is 0 Å². The molecule has 1 amide bonds. The van der Waals surface area contributed by atoms with Crippen LogP contribution >= 0.6 is 0 Å². The van der Waals surface area contributed by atoms with Crippen molar-refractivity contribution in [2.75, 3.05) is 31.0 Å². The van der Waals surface area contributed by atoms with E-state index in [1.165, 1.54) is 6.07 Å². The number of nitrogens with one attached hydrogen (secondary N) is 2. The Balaban J connectivity index is 1.50. The second kappa shape index (κ2) is 8.91. The van der Waals surface area contributed by atoms with Crippen molar-refractivity contribution in [2.24, 2.45) is 0 Å². The van der Waals surface area contributed by atoms with Gasteiger partial charge in [0.05, 0.1) is 25.6 Å². The number of H-pyrrole nitrogens is 1. The van der Waals surface area contributed by atoms with E-state index in [9.17, 15) is 9.59 Å².